The predicted molar refractivity (Wildman–Crippen MR) is 174 cm³/mol. The van der Waals surface area contributed by atoms with E-state index in [1.807, 2.05) is 18.7 Å². The normalized spacial score (nSPS) is 14.0. The van der Waals surface area contributed by atoms with E-state index in [2.05, 4.69) is 15.2 Å². The lowest BCUT2D eigenvalue weighted by molar-refractivity contribution is -0.138. The number of pyridine rings is 1. The molecule has 0 aliphatic carbocycles. The van der Waals surface area contributed by atoms with E-state index in [1.54, 1.807) is 6.07 Å². The van der Waals surface area contributed by atoms with Crippen molar-refractivity contribution in [1.82, 2.24) is 20.1 Å². The van der Waals surface area contributed by atoms with Crippen LogP contribution in [-0.2, 0) is 33.3 Å². The second-order valence-corrected chi connectivity index (χ2v) is 13.0. The largest absolute Gasteiger partial charge is 0.492 e. The van der Waals surface area contributed by atoms with Crippen molar-refractivity contribution in [3.8, 4) is 5.75 Å². The van der Waals surface area contributed by atoms with E-state index in [1.165, 1.54) is 24.0 Å². The molecular formula is C31H52N4O11S. The zero-order chi connectivity index (χ0) is 34.3. The Morgan fingerprint density at radius 1 is 0.915 bits per heavy atom. The third-order valence-electron chi connectivity index (χ3n) is 7.10. The van der Waals surface area contributed by atoms with Gasteiger partial charge in [-0.2, -0.15) is 0 Å². The van der Waals surface area contributed by atoms with Gasteiger partial charge in [0.15, 0.2) is 6.29 Å². The van der Waals surface area contributed by atoms with Crippen LogP contribution in [0.15, 0.2) is 18.3 Å². The molecule has 0 bridgehead atoms. The number of amides is 2. The number of nitrogens with one attached hydrogen (secondary N) is 1. The van der Waals surface area contributed by atoms with E-state index >= 15 is 0 Å². The number of hydrogen-bond donors (Lipinski definition) is 4. The van der Waals surface area contributed by atoms with Crippen LogP contribution in [0.2, 0.25) is 0 Å². The van der Waals surface area contributed by atoms with Crippen LogP contribution in [0.5, 0.6) is 5.75 Å². The molecule has 1 saturated heterocycles. The maximum absolute atomic E-state index is 12.9. The molecule has 1 aliphatic rings. The smallest absolute Gasteiger partial charge is 0.305 e. The van der Waals surface area contributed by atoms with E-state index in [0.717, 1.165) is 13.1 Å². The van der Waals surface area contributed by atoms with Crippen LogP contribution in [0.25, 0.3) is 0 Å². The topological polar surface area (TPSA) is 189 Å². The van der Waals surface area contributed by atoms with Gasteiger partial charge in [-0.3, -0.25) is 24.3 Å². The Hall–Kier alpha value is -2.57. The van der Waals surface area contributed by atoms with Crippen LogP contribution in [0, 0.1) is 0 Å². The average molecular weight is 689 g/mol. The Labute approximate surface area is 281 Å². The fourth-order valence-corrected chi connectivity index (χ4v) is 5.18. The second-order valence-electron chi connectivity index (χ2n) is 11.4. The number of ether oxygens (including phenoxy) is 5. The van der Waals surface area contributed by atoms with Crippen molar-refractivity contribution in [2.24, 2.45) is 0 Å². The van der Waals surface area contributed by atoms with Gasteiger partial charge in [-0.1, -0.05) is 13.8 Å². The van der Waals surface area contributed by atoms with E-state index < -0.39 is 12.3 Å². The summed E-state index contributed by atoms with van der Waals surface area (Å²) in [6.07, 6.45) is 0.906. The van der Waals surface area contributed by atoms with Gasteiger partial charge in [0.1, 0.15) is 12.4 Å². The predicted octanol–water partition coefficient (Wildman–Crippen LogP) is 0.537. The maximum atomic E-state index is 12.9. The van der Waals surface area contributed by atoms with Gasteiger partial charge in [-0.15, -0.1) is 11.8 Å². The highest BCUT2D eigenvalue weighted by Crippen LogP contribution is 2.29. The molecule has 4 N–H and O–H groups in total. The first kappa shape index (κ1) is 40.6. The molecule has 268 valence electrons. The van der Waals surface area contributed by atoms with Crippen LogP contribution in [0.1, 0.15) is 45.1 Å². The third kappa shape index (κ3) is 19.8. The molecule has 0 radical (unpaired) electrons. The summed E-state index contributed by atoms with van der Waals surface area (Å²) in [6, 6.07) is 3.17. The number of piperazine rings is 1. The van der Waals surface area contributed by atoms with Crippen LogP contribution in [0.4, 0.5) is 0 Å². The molecule has 0 saturated carbocycles. The molecule has 15 nitrogen and oxygen atoms in total. The minimum Gasteiger partial charge on any atom is -0.492 e. The number of nitrogens with zero attached hydrogens (tertiary/aromatic N) is 3. The summed E-state index contributed by atoms with van der Waals surface area (Å²) in [5.41, 5.74) is 0.136. The van der Waals surface area contributed by atoms with Gasteiger partial charge in [0, 0.05) is 62.7 Å². The van der Waals surface area contributed by atoms with Gasteiger partial charge in [0.05, 0.1) is 70.7 Å². The van der Waals surface area contributed by atoms with Crippen molar-refractivity contribution in [2.45, 2.75) is 44.1 Å². The number of aliphatic hydroxyl groups is 2. The van der Waals surface area contributed by atoms with Crippen LogP contribution >= 0.6 is 11.8 Å². The molecule has 2 amide bonds. The van der Waals surface area contributed by atoms with E-state index in [4.69, 9.17) is 28.8 Å². The highest BCUT2D eigenvalue weighted by atomic mass is 32.2. The molecule has 0 aromatic carbocycles. The fourth-order valence-electron chi connectivity index (χ4n) is 4.31. The molecule has 2 heterocycles. The van der Waals surface area contributed by atoms with Gasteiger partial charge in [-0.05, 0) is 12.5 Å². The SMILES string of the molecule is CC(C)(CCC(=O)N1CCN(CCOc2ccnc(C(O)O)c2)CC1)SCC(=O)NCCOCCOCCOCCOCCC(=O)O. The molecular weight excluding hydrogens is 636 g/mol. The Balaban J connectivity index is 1.43. The standard InChI is InChI=1S/C31H52N4O11S/c1-31(2,47-24-27(36)33-8-15-43-18-20-45-22-21-44-19-17-42-14-5-29(38)39)6-3-28(37)35-11-9-34(10-12-35)13-16-46-25-4-7-32-26(23-25)30(40)41/h4,7,23,30,40-41H,3,5-6,8-22,24H2,1-2H3,(H,33,36)(H,38,39). The van der Waals surface area contributed by atoms with Crippen LogP contribution in [0.3, 0.4) is 0 Å². The molecule has 1 aromatic rings. The molecule has 1 fully saturated rings. The first-order valence-corrected chi connectivity index (χ1v) is 16.9. The quantitative estimate of drug-likeness (QED) is 0.0779. The number of carbonyl (C=O) groups excluding carboxylic acids is 2. The highest BCUT2D eigenvalue weighted by Gasteiger charge is 2.25. The number of carboxylic acids is 1. The molecule has 0 atom stereocenters. The lowest BCUT2D eigenvalue weighted by Crippen LogP contribution is -2.49. The number of hydrogen-bond acceptors (Lipinski definition) is 13. The Morgan fingerprint density at radius 3 is 2.15 bits per heavy atom. The zero-order valence-electron chi connectivity index (χ0n) is 27.6. The van der Waals surface area contributed by atoms with Gasteiger partial charge in [0.25, 0.3) is 0 Å². The lowest BCUT2D eigenvalue weighted by Gasteiger charge is -2.35. The molecule has 1 aromatic heterocycles. The molecule has 16 heteroatoms. The lowest BCUT2D eigenvalue weighted by atomic mass is 10.1. The molecule has 0 spiro atoms. The van der Waals surface area contributed by atoms with Crippen molar-refractivity contribution in [3.05, 3.63) is 24.0 Å². The molecule has 47 heavy (non-hydrogen) atoms. The number of aliphatic carboxylic acids is 1. The van der Waals surface area contributed by atoms with Crippen molar-refractivity contribution < 1.29 is 53.4 Å². The van der Waals surface area contributed by atoms with Gasteiger partial charge in [0.2, 0.25) is 11.8 Å². The number of aliphatic hydroxyl groups excluding tert-OH is 1. The Bertz CT molecular complexity index is 1040. The van der Waals surface area contributed by atoms with E-state index in [9.17, 15) is 24.6 Å². The second kappa shape index (κ2) is 23.7. The van der Waals surface area contributed by atoms with Crippen LogP contribution in [-0.4, -0.2) is 157 Å². The number of carbonyl (C=O) groups is 3. The molecule has 2 rings (SSSR count). The Morgan fingerprint density at radius 2 is 1.53 bits per heavy atom. The van der Waals surface area contributed by atoms with Crippen molar-refractivity contribution in [3.63, 3.8) is 0 Å². The third-order valence-corrected chi connectivity index (χ3v) is 8.49. The minimum atomic E-state index is -1.64. The van der Waals surface area contributed by atoms with Crippen LogP contribution < -0.4 is 10.1 Å². The Kier molecular flexibility index (Phi) is 20.5. The first-order valence-electron chi connectivity index (χ1n) is 15.9. The molecule has 0 unspecified atom stereocenters. The summed E-state index contributed by atoms with van der Waals surface area (Å²) >= 11 is 1.53. The fraction of sp³-hybridized carbons (Fsp3) is 0.742. The summed E-state index contributed by atoms with van der Waals surface area (Å²) in [4.78, 5) is 43.5. The summed E-state index contributed by atoms with van der Waals surface area (Å²) in [5.74, 6) is -0.0124. The van der Waals surface area contributed by atoms with Crippen molar-refractivity contribution >= 4 is 29.5 Å². The van der Waals surface area contributed by atoms with Gasteiger partial charge in [-0.25, -0.2) is 0 Å². The van der Waals surface area contributed by atoms with Crippen molar-refractivity contribution in [2.75, 3.05) is 104 Å². The first-order chi connectivity index (χ1) is 22.6. The number of aromatic nitrogens is 1. The van der Waals surface area contributed by atoms with E-state index in [-0.39, 0.29) is 35.3 Å². The number of rotatable bonds is 26. The van der Waals surface area contributed by atoms with E-state index in [0.29, 0.717) is 103 Å². The maximum Gasteiger partial charge on any atom is 0.305 e. The molecule has 1 aliphatic heterocycles. The zero-order valence-corrected chi connectivity index (χ0v) is 28.4. The highest BCUT2D eigenvalue weighted by molar-refractivity contribution is 8.01. The monoisotopic (exact) mass is 688 g/mol. The number of carboxylic acid groups (broad SMARTS) is 1. The summed E-state index contributed by atoms with van der Waals surface area (Å²) in [6.45, 7) is 11.4. The number of thioether (sulfide) groups is 1. The summed E-state index contributed by atoms with van der Waals surface area (Å²) < 4.78 is 26.8. The average Bonchev–Trinajstić information content (AvgIpc) is 3.05. The minimum absolute atomic E-state index is 0.0218. The van der Waals surface area contributed by atoms with Crippen molar-refractivity contribution in [1.29, 1.82) is 0 Å². The summed E-state index contributed by atoms with van der Waals surface area (Å²) in [7, 11) is 0. The van der Waals surface area contributed by atoms with Gasteiger partial charge < -0.3 is 49.2 Å². The summed E-state index contributed by atoms with van der Waals surface area (Å²) in [5, 5.41) is 29.8. The van der Waals surface area contributed by atoms with Gasteiger partial charge >= 0.3 is 5.97 Å².